The quantitative estimate of drug-likeness (QED) is 0.440. The highest BCUT2D eigenvalue weighted by molar-refractivity contribution is 6.12. The molecule has 0 aliphatic rings. The van der Waals surface area contributed by atoms with E-state index in [4.69, 9.17) is 9.15 Å². The van der Waals surface area contributed by atoms with Gasteiger partial charge in [0.05, 0.1) is 5.39 Å². The van der Waals surface area contributed by atoms with Crippen molar-refractivity contribution in [1.29, 1.82) is 0 Å². The second-order valence-corrected chi connectivity index (χ2v) is 5.15. The van der Waals surface area contributed by atoms with E-state index in [0.29, 0.717) is 21.9 Å². The Kier molecular flexibility index (Phi) is 3.57. The van der Waals surface area contributed by atoms with Gasteiger partial charge in [-0.05, 0) is 24.2 Å². The number of rotatable bonds is 4. The number of carbonyl (C=O) groups excluding carboxylic acids is 1. The fourth-order valence-corrected chi connectivity index (χ4v) is 2.37. The molecule has 2 aromatic carbocycles. The summed E-state index contributed by atoms with van der Waals surface area (Å²) in [6.45, 7) is 4.78. The minimum atomic E-state index is -0.588. The highest BCUT2D eigenvalue weighted by atomic mass is 16.5. The number of phenolic OH excluding ortho intramolecular Hbond substituents is 1. The lowest BCUT2D eigenvalue weighted by molar-refractivity contribution is -0.140. The van der Waals surface area contributed by atoms with Crippen LogP contribution in [-0.4, -0.2) is 11.1 Å². The lowest BCUT2D eigenvalue weighted by atomic mass is 10.1. The van der Waals surface area contributed by atoms with Gasteiger partial charge in [0, 0.05) is 16.5 Å². The van der Waals surface area contributed by atoms with Gasteiger partial charge >= 0.3 is 5.97 Å². The van der Waals surface area contributed by atoms with E-state index < -0.39 is 5.97 Å². The molecule has 0 aliphatic carbocycles. The highest BCUT2D eigenvalue weighted by Gasteiger charge is 2.20. The number of carbonyl (C=O) groups is 1. The summed E-state index contributed by atoms with van der Waals surface area (Å²) in [7, 11) is 0. The highest BCUT2D eigenvalue weighted by Crippen LogP contribution is 2.43. The number of fused-ring (bicyclic) bond motifs is 3. The minimum Gasteiger partial charge on any atom is -0.505 e. The molecule has 1 heterocycles. The van der Waals surface area contributed by atoms with Crippen LogP contribution in [0.25, 0.3) is 21.9 Å². The smallest absolute Gasteiger partial charge is 0.333 e. The van der Waals surface area contributed by atoms with Crippen molar-refractivity contribution in [1.82, 2.24) is 0 Å². The van der Waals surface area contributed by atoms with Gasteiger partial charge in [0.15, 0.2) is 11.4 Å². The molecule has 0 saturated heterocycles. The van der Waals surface area contributed by atoms with Crippen molar-refractivity contribution in [2.24, 2.45) is 5.18 Å². The molecular formula is C17H13NO5. The number of nitrogens with zero attached hydrogens (tertiary/aromatic N) is 1. The molecular weight excluding hydrogens is 298 g/mol. The van der Waals surface area contributed by atoms with Gasteiger partial charge in [-0.15, -0.1) is 4.91 Å². The zero-order chi connectivity index (χ0) is 16.6. The molecule has 0 saturated carbocycles. The summed E-state index contributed by atoms with van der Waals surface area (Å²) in [5, 5.41) is 14.3. The van der Waals surface area contributed by atoms with E-state index in [1.807, 2.05) is 0 Å². The molecule has 0 amide bonds. The topological polar surface area (TPSA) is 89.1 Å². The van der Waals surface area contributed by atoms with Gasteiger partial charge in [-0.3, -0.25) is 0 Å². The Balaban J connectivity index is 2.15. The predicted molar refractivity (Wildman–Crippen MR) is 85.4 cm³/mol. The monoisotopic (exact) mass is 311 g/mol. The second kappa shape index (κ2) is 5.57. The maximum atomic E-state index is 11.5. The van der Waals surface area contributed by atoms with E-state index in [1.54, 1.807) is 24.3 Å². The second-order valence-electron chi connectivity index (χ2n) is 5.15. The van der Waals surface area contributed by atoms with Gasteiger partial charge in [-0.2, -0.15) is 0 Å². The van der Waals surface area contributed by atoms with E-state index in [9.17, 15) is 14.8 Å². The number of hydrogen-bond acceptors (Lipinski definition) is 6. The molecule has 0 unspecified atom stereocenters. The molecule has 0 bridgehead atoms. The van der Waals surface area contributed by atoms with Crippen LogP contribution in [0.3, 0.4) is 0 Å². The zero-order valence-electron chi connectivity index (χ0n) is 12.3. The van der Waals surface area contributed by atoms with Crippen LogP contribution in [0, 0.1) is 4.91 Å². The first-order valence-corrected chi connectivity index (χ1v) is 6.85. The van der Waals surface area contributed by atoms with Gasteiger partial charge in [-0.1, -0.05) is 24.8 Å². The Labute approximate surface area is 130 Å². The average molecular weight is 311 g/mol. The molecule has 23 heavy (non-hydrogen) atoms. The van der Waals surface area contributed by atoms with Crippen molar-refractivity contribution in [3.05, 3.63) is 53.0 Å². The first-order valence-electron chi connectivity index (χ1n) is 6.85. The van der Waals surface area contributed by atoms with Crippen molar-refractivity contribution >= 4 is 33.6 Å². The third-order valence-electron chi connectivity index (χ3n) is 3.49. The van der Waals surface area contributed by atoms with Crippen LogP contribution in [0.15, 0.2) is 52.1 Å². The van der Waals surface area contributed by atoms with Gasteiger partial charge in [-0.25, -0.2) is 4.79 Å². The zero-order valence-corrected chi connectivity index (χ0v) is 12.3. The van der Waals surface area contributed by atoms with Gasteiger partial charge in [0.25, 0.3) is 0 Å². The van der Waals surface area contributed by atoms with E-state index in [2.05, 4.69) is 11.8 Å². The summed E-state index contributed by atoms with van der Waals surface area (Å²) in [6, 6.07) is 8.66. The maximum absolute atomic E-state index is 11.5. The number of ether oxygens (including phenoxy) is 1. The predicted octanol–water partition coefficient (Wildman–Crippen LogP) is 4.31. The van der Waals surface area contributed by atoms with Crippen molar-refractivity contribution < 1.29 is 19.1 Å². The molecule has 0 atom stereocenters. The van der Waals surface area contributed by atoms with Crippen LogP contribution in [0.1, 0.15) is 12.5 Å². The van der Waals surface area contributed by atoms with Crippen LogP contribution in [0.5, 0.6) is 5.75 Å². The van der Waals surface area contributed by atoms with Crippen LogP contribution in [-0.2, 0) is 16.1 Å². The Morgan fingerprint density at radius 3 is 2.78 bits per heavy atom. The van der Waals surface area contributed by atoms with E-state index in [-0.39, 0.29) is 29.2 Å². The summed E-state index contributed by atoms with van der Waals surface area (Å²) >= 11 is 0. The molecule has 6 nitrogen and oxygen atoms in total. The molecule has 0 aliphatic heterocycles. The molecule has 0 spiro atoms. The molecule has 0 fully saturated rings. The number of aromatic hydroxyl groups is 1. The number of nitroso groups, excluding NO2 is 1. The molecule has 3 rings (SSSR count). The van der Waals surface area contributed by atoms with Gasteiger partial charge in [0.2, 0.25) is 0 Å². The summed E-state index contributed by atoms with van der Waals surface area (Å²) in [5.41, 5.74) is 1.31. The SMILES string of the molecule is C=C(C)C(=O)OCc1cc2oc3ccccc3c2c(N=O)c1O. The van der Waals surface area contributed by atoms with Crippen molar-refractivity contribution in [2.75, 3.05) is 0 Å². The van der Waals surface area contributed by atoms with E-state index in [0.717, 1.165) is 0 Å². The molecule has 1 N–H and O–H groups in total. The summed E-state index contributed by atoms with van der Waals surface area (Å²) in [6.07, 6.45) is 0. The number of furan rings is 1. The Morgan fingerprint density at radius 2 is 2.09 bits per heavy atom. The standard InChI is InChI=1S/C17H13NO5/c1-9(2)17(20)22-8-10-7-13-14(15(18-21)16(10)19)11-5-3-4-6-12(11)23-13/h3-7,19H,1,8H2,2H3. The van der Waals surface area contributed by atoms with Crippen LogP contribution >= 0.6 is 0 Å². The normalized spacial score (nSPS) is 10.8. The van der Waals surface area contributed by atoms with Crippen LogP contribution in [0.4, 0.5) is 5.69 Å². The minimum absolute atomic E-state index is 0.131. The molecule has 116 valence electrons. The van der Waals surface area contributed by atoms with Crippen LogP contribution in [0.2, 0.25) is 0 Å². The Hall–Kier alpha value is -3.15. The number of esters is 1. The third-order valence-corrected chi connectivity index (χ3v) is 3.49. The summed E-state index contributed by atoms with van der Waals surface area (Å²) in [4.78, 5) is 22.7. The van der Waals surface area contributed by atoms with Gasteiger partial charge in [0.1, 0.15) is 17.8 Å². The Bertz CT molecular complexity index is 954. The van der Waals surface area contributed by atoms with E-state index >= 15 is 0 Å². The summed E-state index contributed by atoms with van der Waals surface area (Å²) < 4.78 is 10.7. The van der Waals surface area contributed by atoms with E-state index in [1.165, 1.54) is 13.0 Å². The number of phenols is 1. The average Bonchev–Trinajstić information content (AvgIpc) is 2.90. The number of para-hydroxylation sites is 1. The maximum Gasteiger partial charge on any atom is 0.333 e. The van der Waals surface area contributed by atoms with Crippen molar-refractivity contribution in [2.45, 2.75) is 13.5 Å². The fourth-order valence-electron chi connectivity index (χ4n) is 2.37. The largest absolute Gasteiger partial charge is 0.505 e. The first kappa shape index (κ1) is 14.8. The Morgan fingerprint density at radius 1 is 1.35 bits per heavy atom. The lowest BCUT2D eigenvalue weighted by Crippen LogP contribution is -2.05. The third kappa shape index (κ3) is 2.44. The van der Waals surface area contributed by atoms with Crippen LogP contribution < -0.4 is 0 Å². The van der Waals surface area contributed by atoms with Gasteiger partial charge < -0.3 is 14.3 Å². The molecule has 0 radical (unpaired) electrons. The summed E-state index contributed by atoms with van der Waals surface area (Å²) in [5.74, 6) is -0.914. The molecule has 1 aromatic heterocycles. The fraction of sp³-hybridized carbons (Fsp3) is 0.118. The number of benzene rings is 2. The van der Waals surface area contributed by atoms with Crippen molar-refractivity contribution in [3.8, 4) is 5.75 Å². The molecule has 6 heteroatoms. The lowest BCUT2D eigenvalue weighted by Gasteiger charge is -2.08. The molecule has 3 aromatic rings. The first-order chi connectivity index (χ1) is 11.0. The number of hydrogen-bond donors (Lipinski definition) is 1. The van der Waals surface area contributed by atoms with Crippen molar-refractivity contribution in [3.63, 3.8) is 0 Å².